The number of amides is 1. The predicted octanol–water partition coefficient (Wildman–Crippen LogP) is 4.31. The van der Waals surface area contributed by atoms with Crippen LogP contribution in [0.3, 0.4) is 0 Å². The number of rotatable bonds is 5. The molecule has 2 heterocycles. The van der Waals surface area contributed by atoms with Crippen molar-refractivity contribution in [1.82, 2.24) is 14.9 Å². The van der Waals surface area contributed by atoms with E-state index in [0.29, 0.717) is 5.56 Å². The van der Waals surface area contributed by atoms with Gasteiger partial charge in [0.2, 0.25) is 0 Å². The van der Waals surface area contributed by atoms with Crippen molar-refractivity contribution in [3.8, 4) is 11.4 Å². The minimum atomic E-state index is -0.116. The molecule has 0 bridgehead atoms. The van der Waals surface area contributed by atoms with Crippen molar-refractivity contribution in [1.29, 1.82) is 0 Å². The maximum absolute atomic E-state index is 12.6. The van der Waals surface area contributed by atoms with Crippen LogP contribution in [0.25, 0.3) is 22.4 Å². The lowest BCUT2D eigenvalue weighted by atomic mass is 10.1. The molecule has 0 spiro atoms. The number of morpholine rings is 1. The standard InChI is InChI=1S/C25H24N4O2/c30-25(20-7-5-18(6-8-20)17-29-13-15-31-16-14-29)26-21-11-9-19(10-12-21)24-27-22-3-1-2-4-23(22)28-24/h1-12H,13-17H2,(H,26,30)(H,27,28). The Morgan fingerprint density at radius 2 is 1.71 bits per heavy atom. The van der Waals surface area contributed by atoms with Gasteiger partial charge in [0.25, 0.3) is 5.91 Å². The normalized spacial score (nSPS) is 14.6. The highest BCUT2D eigenvalue weighted by molar-refractivity contribution is 6.04. The topological polar surface area (TPSA) is 70.2 Å². The molecule has 0 aliphatic carbocycles. The van der Waals surface area contributed by atoms with E-state index in [4.69, 9.17) is 4.74 Å². The summed E-state index contributed by atoms with van der Waals surface area (Å²) in [6.45, 7) is 4.36. The Balaban J connectivity index is 1.22. The number of para-hydroxylation sites is 2. The maximum atomic E-state index is 12.6. The summed E-state index contributed by atoms with van der Waals surface area (Å²) in [5.74, 6) is 0.698. The molecule has 0 atom stereocenters. The van der Waals surface area contributed by atoms with Gasteiger partial charge in [0.15, 0.2) is 0 Å². The zero-order valence-electron chi connectivity index (χ0n) is 17.2. The fourth-order valence-electron chi connectivity index (χ4n) is 3.78. The number of aromatic nitrogens is 2. The second kappa shape index (κ2) is 8.71. The average molecular weight is 412 g/mol. The third-order valence-corrected chi connectivity index (χ3v) is 5.53. The lowest BCUT2D eigenvalue weighted by Gasteiger charge is -2.26. The molecule has 5 rings (SSSR count). The summed E-state index contributed by atoms with van der Waals surface area (Å²) in [5, 5.41) is 2.97. The molecule has 0 saturated carbocycles. The van der Waals surface area contributed by atoms with E-state index in [1.54, 1.807) is 0 Å². The molecule has 2 N–H and O–H groups in total. The van der Waals surface area contributed by atoms with Gasteiger partial charge in [0.1, 0.15) is 5.82 Å². The summed E-state index contributed by atoms with van der Waals surface area (Å²) in [6.07, 6.45) is 0. The van der Waals surface area contributed by atoms with Crippen molar-refractivity contribution in [3.05, 3.63) is 83.9 Å². The van der Waals surface area contributed by atoms with E-state index >= 15 is 0 Å². The van der Waals surface area contributed by atoms with E-state index < -0.39 is 0 Å². The molecule has 0 unspecified atom stereocenters. The smallest absolute Gasteiger partial charge is 0.255 e. The number of benzene rings is 3. The van der Waals surface area contributed by atoms with Gasteiger partial charge in [-0.3, -0.25) is 9.69 Å². The van der Waals surface area contributed by atoms with Gasteiger partial charge < -0.3 is 15.0 Å². The molecular formula is C25H24N4O2. The van der Waals surface area contributed by atoms with Crippen molar-refractivity contribution in [3.63, 3.8) is 0 Å². The quantitative estimate of drug-likeness (QED) is 0.512. The van der Waals surface area contributed by atoms with Gasteiger partial charge in [-0.05, 0) is 54.1 Å². The van der Waals surface area contributed by atoms with Crippen LogP contribution in [0.2, 0.25) is 0 Å². The Morgan fingerprint density at radius 3 is 2.45 bits per heavy atom. The number of ether oxygens (including phenoxy) is 1. The van der Waals surface area contributed by atoms with Crippen molar-refractivity contribution in [2.75, 3.05) is 31.6 Å². The number of carbonyl (C=O) groups excluding carboxylic acids is 1. The minimum absolute atomic E-state index is 0.116. The van der Waals surface area contributed by atoms with Gasteiger partial charge in [0, 0.05) is 36.4 Å². The molecule has 1 amide bonds. The van der Waals surface area contributed by atoms with Crippen LogP contribution >= 0.6 is 0 Å². The molecule has 4 aromatic rings. The highest BCUT2D eigenvalue weighted by atomic mass is 16.5. The molecule has 1 saturated heterocycles. The Bertz CT molecular complexity index is 1140. The maximum Gasteiger partial charge on any atom is 0.255 e. The second-order valence-electron chi connectivity index (χ2n) is 7.72. The van der Waals surface area contributed by atoms with E-state index in [2.05, 4.69) is 20.2 Å². The molecule has 3 aromatic carbocycles. The van der Waals surface area contributed by atoms with Gasteiger partial charge in [-0.1, -0.05) is 24.3 Å². The number of H-pyrrole nitrogens is 1. The average Bonchev–Trinajstić information content (AvgIpc) is 3.25. The number of nitrogens with one attached hydrogen (secondary N) is 2. The van der Waals surface area contributed by atoms with Crippen molar-refractivity contribution in [2.24, 2.45) is 0 Å². The number of anilines is 1. The Kier molecular flexibility index (Phi) is 5.48. The summed E-state index contributed by atoms with van der Waals surface area (Å²) < 4.78 is 5.39. The largest absolute Gasteiger partial charge is 0.379 e. The third kappa shape index (κ3) is 4.50. The van der Waals surface area contributed by atoms with Crippen LogP contribution in [0.4, 0.5) is 5.69 Å². The molecular weight excluding hydrogens is 388 g/mol. The number of nitrogens with zero attached hydrogens (tertiary/aromatic N) is 2. The summed E-state index contributed by atoms with van der Waals surface area (Å²) in [4.78, 5) is 22.9. The molecule has 6 heteroatoms. The van der Waals surface area contributed by atoms with E-state index in [1.165, 1.54) is 5.56 Å². The van der Waals surface area contributed by atoms with Gasteiger partial charge in [0.05, 0.1) is 24.2 Å². The first-order chi connectivity index (χ1) is 15.2. The molecule has 1 aromatic heterocycles. The highest BCUT2D eigenvalue weighted by Gasteiger charge is 2.12. The van der Waals surface area contributed by atoms with Crippen LogP contribution in [-0.2, 0) is 11.3 Å². The van der Waals surface area contributed by atoms with Crippen molar-refractivity contribution < 1.29 is 9.53 Å². The molecule has 6 nitrogen and oxygen atoms in total. The van der Waals surface area contributed by atoms with Crippen LogP contribution in [0.15, 0.2) is 72.8 Å². The van der Waals surface area contributed by atoms with E-state index in [0.717, 1.165) is 61.0 Å². The lowest BCUT2D eigenvalue weighted by molar-refractivity contribution is 0.0342. The first-order valence-electron chi connectivity index (χ1n) is 10.5. The fourth-order valence-corrected chi connectivity index (χ4v) is 3.78. The first-order valence-corrected chi connectivity index (χ1v) is 10.5. The SMILES string of the molecule is O=C(Nc1ccc(-c2nc3ccccc3[nH]2)cc1)c1ccc(CN2CCOCC2)cc1. The van der Waals surface area contributed by atoms with Crippen LogP contribution in [0, 0.1) is 0 Å². The van der Waals surface area contributed by atoms with E-state index in [1.807, 2.05) is 72.8 Å². The van der Waals surface area contributed by atoms with Gasteiger partial charge in [-0.2, -0.15) is 0 Å². The third-order valence-electron chi connectivity index (χ3n) is 5.53. The Hall–Kier alpha value is -3.48. The van der Waals surface area contributed by atoms with Crippen LogP contribution < -0.4 is 5.32 Å². The summed E-state index contributed by atoms with van der Waals surface area (Å²) in [5.41, 5.74) is 5.52. The van der Waals surface area contributed by atoms with Crippen molar-refractivity contribution in [2.45, 2.75) is 6.54 Å². The number of hydrogen-bond acceptors (Lipinski definition) is 4. The monoisotopic (exact) mass is 412 g/mol. The van der Waals surface area contributed by atoms with E-state index in [9.17, 15) is 4.79 Å². The molecule has 156 valence electrons. The Labute approximate surface area is 180 Å². The zero-order valence-corrected chi connectivity index (χ0v) is 17.2. The fraction of sp³-hybridized carbons (Fsp3) is 0.200. The zero-order chi connectivity index (χ0) is 21.0. The minimum Gasteiger partial charge on any atom is -0.379 e. The van der Waals surface area contributed by atoms with Gasteiger partial charge in [-0.25, -0.2) is 4.98 Å². The Morgan fingerprint density at radius 1 is 0.968 bits per heavy atom. The molecule has 31 heavy (non-hydrogen) atoms. The van der Waals surface area contributed by atoms with Crippen LogP contribution in [0.1, 0.15) is 15.9 Å². The molecule has 0 radical (unpaired) electrons. The summed E-state index contributed by atoms with van der Waals surface area (Å²) in [7, 11) is 0. The lowest BCUT2D eigenvalue weighted by Crippen LogP contribution is -2.35. The van der Waals surface area contributed by atoms with Gasteiger partial charge >= 0.3 is 0 Å². The number of carbonyl (C=O) groups is 1. The number of aromatic amines is 1. The van der Waals surface area contributed by atoms with Crippen molar-refractivity contribution >= 4 is 22.6 Å². The molecule has 1 aliphatic heterocycles. The van der Waals surface area contributed by atoms with Gasteiger partial charge in [-0.15, -0.1) is 0 Å². The summed E-state index contributed by atoms with van der Waals surface area (Å²) in [6, 6.07) is 23.5. The predicted molar refractivity (Wildman–Crippen MR) is 122 cm³/mol. The highest BCUT2D eigenvalue weighted by Crippen LogP contribution is 2.22. The number of imidazole rings is 1. The molecule has 1 fully saturated rings. The van der Waals surface area contributed by atoms with Crippen LogP contribution in [-0.4, -0.2) is 47.1 Å². The number of hydrogen-bond donors (Lipinski definition) is 2. The van der Waals surface area contributed by atoms with E-state index in [-0.39, 0.29) is 5.91 Å². The first kappa shape index (κ1) is 19.5. The summed E-state index contributed by atoms with van der Waals surface area (Å²) >= 11 is 0. The number of fused-ring (bicyclic) bond motifs is 1. The van der Waals surface area contributed by atoms with Crippen LogP contribution in [0.5, 0.6) is 0 Å². The second-order valence-corrected chi connectivity index (χ2v) is 7.72. The molecule has 1 aliphatic rings.